The third-order valence-corrected chi connectivity index (χ3v) is 4.65. The van der Waals surface area contributed by atoms with Crippen molar-refractivity contribution in [3.05, 3.63) is 27.9 Å². The molecule has 1 aromatic heterocycles. The van der Waals surface area contributed by atoms with E-state index in [1.54, 1.807) is 13.0 Å². The van der Waals surface area contributed by atoms with Crippen LogP contribution in [0.2, 0.25) is 0 Å². The predicted octanol–water partition coefficient (Wildman–Crippen LogP) is 0.599. The van der Waals surface area contributed by atoms with Crippen LogP contribution in [0.25, 0.3) is 0 Å². The van der Waals surface area contributed by atoms with Crippen molar-refractivity contribution in [2.75, 3.05) is 13.1 Å². The second kappa shape index (κ2) is 6.52. The van der Waals surface area contributed by atoms with E-state index in [-0.39, 0.29) is 29.5 Å². The molecule has 7 heteroatoms. The molecule has 2 fully saturated rings. The third kappa shape index (κ3) is 3.60. The molecule has 124 valence electrons. The molecule has 0 aromatic carbocycles. The summed E-state index contributed by atoms with van der Waals surface area (Å²) in [4.78, 5) is 44.0. The highest BCUT2D eigenvalue weighted by molar-refractivity contribution is 5.92. The number of aromatic amines is 1. The highest BCUT2D eigenvalue weighted by atomic mass is 16.2. The summed E-state index contributed by atoms with van der Waals surface area (Å²) in [5, 5.41) is 2.88. The maximum Gasteiger partial charge on any atom is 0.345 e. The van der Waals surface area contributed by atoms with Gasteiger partial charge in [-0.3, -0.25) is 9.59 Å². The van der Waals surface area contributed by atoms with Crippen molar-refractivity contribution in [2.45, 2.75) is 45.1 Å². The van der Waals surface area contributed by atoms with Gasteiger partial charge in [0.15, 0.2) is 0 Å². The van der Waals surface area contributed by atoms with Crippen molar-refractivity contribution >= 4 is 11.8 Å². The van der Waals surface area contributed by atoms with Crippen LogP contribution in [0.4, 0.5) is 0 Å². The summed E-state index contributed by atoms with van der Waals surface area (Å²) >= 11 is 0. The lowest BCUT2D eigenvalue weighted by Gasteiger charge is -2.20. The number of amides is 2. The zero-order valence-electron chi connectivity index (χ0n) is 13.3. The van der Waals surface area contributed by atoms with Gasteiger partial charge in [0.05, 0.1) is 0 Å². The van der Waals surface area contributed by atoms with Gasteiger partial charge in [-0.1, -0.05) is 12.8 Å². The fourth-order valence-corrected chi connectivity index (χ4v) is 3.46. The number of carbonyl (C=O) groups is 2. The Morgan fingerprint density at radius 2 is 2.04 bits per heavy atom. The molecule has 1 unspecified atom stereocenters. The molecule has 1 saturated heterocycles. The van der Waals surface area contributed by atoms with Crippen LogP contribution in [0.15, 0.2) is 10.9 Å². The molecule has 7 nitrogen and oxygen atoms in total. The molecule has 0 spiro atoms. The lowest BCUT2D eigenvalue weighted by atomic mass is 10.1. The third-order valence-electron chi connectivity index (χ3n) is 4.65. The van der Waals surface area contributed by atoms with Crippen LogP contribution < -0.4 is 11.0 Å². The molecule has 2 aliphatic rings. The lowest BCUT2D eigenvalue weighted by molar-refractivity contribution is -0.134. The number of aryl methyl sites for hydroxylation is 1. The van der Waals surface area contributed by atoms with Crippen molar-refractivity contribution in [1.29, 1.82) is 0 Å². The van der Waals surface area contributed by atoms with Crippen LogP contribution >= 0.6 is 0 Å². The van der Waals surface area contributed by atoms with E-state index in [0.29, 0.717) is 18.8 Å². The monoisotopic (exact) mass is 318 g/mol. The quantitative estimate of drug-likeness (QED) is 0.853. The number of hydrogen-bond acceptors (Lipinski definition) is 4. The smallest absolute Gasteiger partial charge is 0.345 e. The van der Waals surface area contributed by atoms with E-state index in [0.717, 1.165) is 32.1 Å². The molecule has 2 heterocycles. The molecule has 2 N–H and O–H groups in total. The van der Waals surface area contributed by atoms with Crippen molar-refractivity contribution in [3.8, 4) is 0 Å². The molecular formula is C16H22N4O3. The number of nitrogens with one attached hydrogen (secondary N) is 2. The molecule has 3 rings (SSSR count). The van der Waals surface area contributed by atoms with Crippen molar-refractivity contribution in [3.63, 3.8) is 0 Å². The van der Waals surface area contributed by atoms with E-state index >= 15 is 0 Å². The Kier molecular flexibility index (Phi) is 4.45. The predicted molar refractivity (Wildman–Crippen MR) is 84.0 cm³/mol. The van der Waals surface area contributed by atoms with Gasteiger partial charge < -0.3 is 15.2 Å². The number of carbonyl (C=O) groups excluding carboxylic acids is 2. The topological polar surface area (TPSA) is 95.2 Å². The number of hydrogen-bond donors (Lipinski definition) is 2. The van der Waals surface area contributed by atoms with Crippen molar-refractivity contribution < 1.29 is 9.59 Å². The van der Waals surface area contributed by atoms with Gasteiger partial charge in [-0.25, -0.2) is 4.79 Å². The summed E-state index contributed by atoms with van der Waals surface area (Å²) in [5.74, 6) is 0.0326. The molecule has 0 bridgehead atoms. The first-order valence-electron chi connectivity index (χ1n) is 8.20. The molecular weight excluding hydrogens is 296 g/mol. The Labute approximate surface area is 134 Å². The molecule has 1 aliphatic carbocycles. The number of aromatic nitrogens is 2. The van der Waals surface area contributed by atoms with E-state index in [2.05, 4.69) is 15.3 Å². The summed E-state index contributed by atoms with van der Waals surface area (Å²) in [6, 6.07) is 1.47. The van der Waals surface area contributed by atoms with E-state index in [1.807, 2.05) is 4.90 Å². The average Bonchev–Trinajstić information content (AvgIpc) is 3.17. The zero-order valence-corrected chi connectivity index (χ0v) is 13.3. The molecule has 1 aromatic rings. The normalized spacial score (nSPS) is 21.6. The minimum Gasteiger partial charge on any atom is -0.346 e. The van der Waals surface area contributed by atoms with E-state index in [1.165, 1.54) is 0 Å². The van der Waals surface area contributed by atoms with Gasteiger partial charge in [0.2, 0.25) is 5.91 Å². The van der Waals surface area contributed by atoms with Gasteiger partial charge in [0.25, 0.3) is 5.91 Å². The number of likely N-dealkylation sites (tertiary alicyclic amines) is 1. The van der Waals surface area contributed by atoms with Gasteiger partial charge in [-0.15, -0.1) is 0 Å². The van der Waals surface area contributed by atoms with Gasteiger partial charge in [0, 0.05) is 30.7 Å². The summed E-state index contributed by atoms with van der Waals surface area (Å²) < 4.78 is 0. The molecule has 2 amide bonds. The Bertz CT molecular complexity index is 664. The van der Waals surface area contributed by atoms with E-state index in [9.17, 15) is 14.4 Å². The minimum absolute atomic E-state index is 0.0748. The first-order chi connectivity index (χ1) is 11.0. The van der Waals surface area contributed by atoms with Crippen LogP contribution in [-0.2, 0) is 4.79 Å². The first kappa shape index (κ1) is 15.7. The second-order valence-corrected chi connectivity index (χ2v) is 6.48. The van der Waals surface area contributed by atoms with Gasteiger partial charge in [-0.05, 0) is 32.3 Å². The molecule has 23 heavy (non-hydrogen) atoms. The summed E-state index contributed by atoms with van der Waals surface area (Å²) in [7, 11) is 0. The standard InChI is InChI=1S/C16H22N4O3/c1-10-8-13(19-16(23)17-10)14(21)18-12-6-7-20(9-12)15(22)11-4-2-3-5-11/h8,11-12H,2-7,9H2,1H3,(H,18,21)(H,17,19,23). The maximum atomic E-state index is 12.4. The van der Waals surface area contributed by atoms with Crippen LogP contribution in [0.3, 0.4) is 0 Å². The summed E-state index contributed by atoms with van der Waals surface area (Å²) in [6.07, 6.45) is 4.99. The van der Waals surface area contributed by atoms with Crippen molar-refractivity contribution in [1.82, 2.24) is 20.2 Å². The second-order valence-electron chi connectivity index (χ2n) is 6.48. The van der Waals surface area contributed by atoms with Crippen LogP contribution in [0.5, 0.6) is 0 Å². The fourth-order valence-electron chi connectivity index (χ4n) is 3.46. The summed E-state index contributed by atoms with van der Waals surface area (Å²) in [5.41, 5.74) is 0.186. The Morgan fingerprint density at radius 3 is 2.74 bits per heavy atom. The maximum absolute atomic E-state index is 12.4. The zero-order chi connectivity index (χ0) is 16.4. The van der Waals surface area contributed by atoms with Crippen molar-refractivity contribution in [2.24, 2.45) is 5.92 Å². The van der Waals surface area contributed by atoms with Gasteiger partial charge >= 0.3 is 5.69 Å². The minimum atomic E-state index is -0.528. The Morgan fingerprint density at radius 1 is 1.30 bits per heavy atom. The molecule has 0 radical (unpaired) electrons. The van der Waals surface area contributed by atoms with Gasteiger partial charge in [0.1, 0.15) is 5.69 Å². The lowest BCUT2D eigenvalue weighted by Crippen LogP contribution is -2.40. The Hall–Kier alpha value is -2.18. The highest BCUT2D eigenvalue weighted by Crippen LogP contribution is 2.27. The summed E-state index contributed by atoms with van der Waals surface area (Å²) in [6.45, 7) is 2.93. The largest absolute Gasteiger partial charge is 0.346 e. The van der Waals surface area contributed by atoms with Crippen LogP contribution in [-0.4, -0.2) is 45.8 Å². The molecule has 1 aliphatic heterocycles. The number of nitrogens with zero attached hydrogens (tertiary/aromatic N) is 2. The Balaban J connectivity index is 1.58. The first-order valence-corrected chi connectivity index (χ1v) is 8.20. The molecule has 1 atom stereocenters. The van der Waals surface area contributed by atoms with E-state index in [4.69, 9.17) is 0 Å². The number of rotatable bonds is 3. The molecule has 1 saturated carbocycles. The number of H-pyrrole nitrogens is 1. The van der Waals surface area contributed by atoms with E-state index < -0.39 is 5.69 Å². The average molecular weight is 318 g/mol. The van der Waals surface area contributed by atoms with Crippen LogP contribution in [0, 0.1) is 12.8 Å². The highest BCUT2D eigenvalue weighted by Gasteiger charge is 2.32. The SMILES string of the molecule is Cc1cc(C(=O)NC2CCN(C(=O)C3CCCC3)C2)nc(=O)[nH]1. The van der Waals surface area contributed by atoms with Gasteiger partial charge in [-0.2, -0.15) is 4.98 Å². The fraction of sp³-hybridized carbons (Fsp3) is 0.625. The van der Waals surface area contributed by atoms with Crippen LogP contribution in [0.1, 0.15) is 48.3 Å².